The first-order chi connectivity index (χ1) is 7.06. The average Bonchev–Trinajstić information content (AvgIpc) is 2.10. The van der Waals surface area contributed by atoms with E-state index in [0.717, 1.165) is 6.04 Å². The van der Waals surface area contributed by atoms with E-state index in [4.69, 9.17) is 13.9 Å². The Labute approximate surface area is 91.3 Å². The Balaban J connectivity index is 3.84. The van der Waals surface area contributed by atoms with E-state index in [1.165, 1.54) is 13.8 Å². The fourth-order valence-corrected chi connectivity index (χ4v) is 1.50. The van der Waals surface area contributed by atoms with Crippen LogP contribution in [0.1, 0.15) is 13.8 Å². The van der Waals surface area contributed by atoms with Crippen molar-refractivity contribution in [2.75, 3.05) is 6.61 Å². The van der Waals surface area contributed by atoms with Crippen LogP contribution in [0.25, 0.3) is 0 Å². The van der Waals surface area contributed by atoms with Crippen molar-refractivity contribution in [3.8, 4) is 0 Å². The summed E-state index contributed by atoms with van der Waals surface area (Å²) < 4.78 is 14.7. The minimum absolute atomic E-state index is 0.0965. The van der Waals surface area contributed by atoms with Crippen molar-refractivity contribution in [2.45, 2.75) is 26.2 Å². The quantitative estimate of drug-likeness (QED) is 0.205. The first-order valence-corrected chi connectivity index (χ1v) is 6.17. The molecule has 0 amide bonds. The van der Waals surface area contributed by atoms with Crippen molar-refractivity contribution >= 4 is 21.7 Å². The van der Waals surface area contributed by atoms with Gasteiger partial charge in [-0.25, -0.2) is 0 Å². The third-order valence-electron chi connectivity index (χ3n) is 1.32. The van der Waals surface area contributed by atoms with Gasteiger partial charge in [0.2, 0.25) is 0 Å². The van der Waals surface area contributed by atoms with E-state index < -0.39 is 28.0 Å². The number of hydrogen-bond acceptors (Lipinski definition) is 5. The Morgan fingerprint density at radius 2 is 1.87 bits per heavy atom. The van der Waals surface area contributed by atoms with E-state index >= 15 is 0 Å². The standard InChI is InChI=1S/C9H16O5Si/c1-4-5-15-12-6-9(13-7(2)10)14-8(3)11/h4,9H,1,5-6,15H2,2-3H3. The van der Waals surface area contributed by atoms with E-state index in [0.29, 0.717) is 0 Å². The smallest absolute Gasteiger partial charge is 0.305 e. The highest BCUT2D eigenvalue weighted by Crippen LogP contribution is 1.98. The summed E-state index contributed by atoms with van der Waals surface area (Å²) in [5.41, 5.74) is 0. The molecule has 0 fully saturated rings. The van der Waals surface area contributed by atoms with E-state index in [9.17, 15) is 9.59 Å². The van der Waals surface area contributed by atoms with Crippen LogP contribution >= 0.6 is 0 Å². The summed E-state index contributed by atoms with van der Waals surface area (Å²) in [6.45, 7) is 6.15. The van der Waals surface area contributed by atoms with Gasteiger partial charge >= 0.3 is 11.9 Å². The van der Waals surface area contributed by atoms with Gasteiger partial charge in [0.1, 0.15) is 6.61 Å². The predicted molar refractivity (Wildman–Crippen MR) is 56.8 cm³/mol. The van der Waals surface area contributed by atoms with Gasteiger partial charge in [0.05, 0.1) is 0 Å². The van der Waals surface area contributed by atoms with Crippen LogP contribution in [0.5, 0.6) is 0 Å². The number of ether oxygens (including phenoxy) is 2. The molecule has 0 atom stereocenters. The predicted octanol–water partition coefficient (Wildman–Crippen LogP) is 0.143. The number of hydrogen-bond donors (Lipinski definition) is 0. The van der Waals surface area contributed by atoms with Gasteiger partial charge in [-0.1, -0.05) is 6.08 Å². The highest BCUT2D eigenvalue weighted by Gasteiger charge is 2.14. The zero-order valence-electron chi connectivity index (χ0n) is 9.02. The van der Waals surface area contributed by atoms with Crippen LogP contribution < -0.4 is 0 Å². The molecule has 0 aliphatic heterocycles. The van der Waals surface area contributed by atoms with Crippen molar-refractivity contribution in [1.82, 2.24) is 0 Å². The maximum absolute atomic E-state index is 10.7. The Hall–Kier alpha value is -1.14. The van der Waals surface area contributed by atoms with Crippen molar-refractivity contribution in [3.63, 3.8) is 0 Å². The van der Waals surface area contributed by atoms with Gasteiger partial charge in [-0.05, 0) is 6.04 Å². The monoisotopic (exact) mass is 232 g/mol. The van der Waals surface area contributed by atoms with Crippen molar-refractivity contribution in [2.24, 2.45) is 0 Å². The lowest BCUT2D eigenvalue weighted by Crippen LogP contribution is -2.28. The van der Waals surface area contributed by atoms with Crippen LogP contribution in [0.15, 0.2) is 12.7 Å². The van der Waals surface area contributed by atoms with Crippen LogP contribution in [0.4, 0.5) is 0 Å². The summed E-state index contributed by atoms with van der Waals surface area (Å²) in [6, 6.07) is 0.826. The Kier molecular flexibility index (Phi) is 7.56. The second-order valence-corrected chi connectivity index (χ2v) is 4.19. The normalized spacial score (nSPS) is 10.6. The molecule has 86 valence electrons. The largest absolute Gasteiger partial charge is 0.423 e. The molecular formula is C9H16O5Si. The van der Waals surface area contributed by atoms with Crippen LogP contribution in [0.2, 0.25) is 6.04 Å². The summed E-state index contributed by atoms with van der Waals surface area (Å²) in [4.78, 5) is 21.3. The first kappa shape index (κ1) is 13.9. The number of esters is 2. The minimum atomic E-state index is -0.933. The minimum Gasteiger partial charge on any atom is -0.423 e. The molecule has 0 saturated heterocycles. The molecule has 0 saturated carbocycles. The number of carbonyl (C=O) groups is 2. The molecule has 0 unspecified atom stereocenters. The van der Waals surface area contributed by atoms with E-state index in [2.05, 4.69) is 6.58 Å². The highest BCUT2D eigenvalue weighted by atomic mass is 28.2. The third-order valence-corrected chi connectivity index (χ3v) is 2.48. The first-order valence-electron chi connectivity index (χ1n) is 4.59. The maximum atomic E-state index is 10.7. The van der Waals surface area contributed by atoms with Crippen LogP contribution in [-0.2, 0) is 23.5 Å². The molecule has 0 bridgehead atoms. The van der Waals surface area contributed by atoms with Gasteiger partial charge in [0, 0.05) is 13.8 Å². The average molecular weight is 232 g/mol. The van der Waals surface area contributed by atoms with Gasteiger partial charge in [-0.2, -0.15) is 0 Å². The van der Waals surface area contributed by atoms with Gasteiger partial charge in [0.15, 0.2) is 9.76 Å². The molecule has 0 aromatic rings. The fourth-order valence-electron chi connectivity index (χ4n) is 0.809. The summed E-state index contributed by atoms with van der Waals surface area (Å²) in [7, 11) is -0.700. The summed E-state index contributed by atoms with van der Waals surface area (Å²) in [6.07, 6.45) is 0.830. The third kappa shape index (κ3) is 9.17. The highest BCUT2D eigenvalue weighted by molar-refractivity contribution is 6.27. The van der Waals surface area contributed by atoms with Crippen LogP contribution in [0, 0.1) is 0 Å². The lowest BCUT2D eigenvalue weighted by Gasteiger charge is -2.16. The number of carbonyl (C=O) groups excluding carboxylic acids is 2. The SMILES string of the molecule is C=CC[SiH2]OCC(OC(C)=O)OC(C)=O. The molecule has 0 aromatic heterocycles. The van der Waals surface area contributed by atoms with Gasteiger partial charge in [-0.3, -0.25) is 9.59 Å². The molecule has 0 aliphatic carbocycles. The molecule has 0 aliphatic rings. The molecule has 0 rings (SSSR count). The summed E-state index contributed by atoms with van der Waals surface area (Å²) in [5.74, 6) is -1.01. The summed E-state index contributed by atoms with van der Waals surface area (Å²) >= 11 is 0. The Morgan fingerprint density at radius 1 is 1.33 bits per heavy atom. The maximum Gasteiger partial charge on any atom is 0.305 e. The van der Waals surface area contributed by atoms with E-state index in [-0.39, 0.29) is 6.61 Å². The second-order valence-electron chi connectivity index (χ2n) is 2.80. The van der Waals surface area contributed by atoms with E-state index in [1.54, 1.807) is 6.08 Å². The lowest BCUT2D eigenvalue weighted by atomic mass is 10.6. The molecule has 0 radical (unpaired) electrons. The topological polar surface area (TPSA) is 61.8 Å². The Bertz CT molecular complexity index is 213. The van der Waals surface area contributed by atoms with Crippen LogP contribution in [-0.4, -0.2) is 34.6 Å². The number of rotatable bonds is 7. The van der Waals surface area contributed by atoms with Gasteiger partial charge in [0.25, 0.3) is 6.29 Å². The molecule has 0 heterocycles. The van der Waals surface area contributed by atoms with Crippen LogP contribution in [0.3, 0.4) is 0 Å². The van der Waals surface area contributed by atoms with E-state index in [1.807, 2.05) is 0 Å². The van der Waals surface area contributed by atoms with Gasteiger partial charge < -0.3 is 13.9 Å². The molecule has 0 N–H and O–H groups in total. The zero-order chi connectivity index (χ0) is 11.7. The second kappa shape index (κ2) is 8.19. The molecule has 6 heteroatoms. The molecule has 0 spiro atoms. The van der Waals surface area contributed by atoms with Crippen molar-refractivity contribution in [3.05, 3.63) is 12.7 Å². The molecule has 5 nitrogen and oxygen atoms in total. The van der Waals surface area contributed by atoms with Crippen molar-refractivity contribution < 1.29 is 23.5 Å². The van der Waals surface area contributed by atoms with Gasteiger partial charge in [-0.15, -0.1) is 6.58 Å². The molecular weight excluding hydrogens is 216 g/mol. The zero-order valence-corrected chi connectivity index (χ0v) is 10.4. The Morgan fingerprint density at radius 3 is 2.27 bits per heavy atom. The molecule has 0 aromatic carbocycles. The fraction of sp³-hybridized carbons (Fsp3) is 0.556. The lowest BCUT2D eigenvalue weighted by molar-refractivity contribution is -0.189. The van der Waals surface area contributed by atoms with Crippen molar-refractivity contribution in [1.29, 1.82) is 0 Å². The molecule has 15 heavy (non-hydrogen) atoms. The summed E-state index contributed by atoms with van der Waals surface area (Å²) in [5, 5.41) is 0. The number of allylic oxidation sites excluding steroid dienone is 1.